The second-order valence-electron chi connectivity index (χ2n) is 5.81. The van der Waals surface area contributed by atoms with Crippen molar-refractivity contribution in [2.75, 3.05) is 6.61 Å². The average molecular weight is 266 g/mol. The summed E-state index contributed by atoms with van der Waals surface area (Å²) in [5.74, 6) is 1.68. The number of aliphatic hydroxyl groups excluding tert-OH is 1. The maximum atomic E-state index is 10.6. The quantitative estimate of drug-likeness (QED) is 0.920. The van der Waals surface area contributed by atoms with E-state index in [0.29, 0.717) is 0 Å². The Bertz CT molecular complexity index is 644. The molecule has 102 valence electrons. The zero-order valence-electron chi connectivity index (χ0n) is 11.4. The molecule has 1 aliphatic carbocycles. The normalized spacial score (nSPS) is 18.4. The highest BCUT2D eigenvalue weighted by Gasteiger charge is 2.24. The van der Waals surface area contributed by atoms with Crippen LogP contribution >= 0.6 is 0 Å². The minimum atomic E-state index is -0.542. The van der Waals surface area contributed by atoms with Gasteiger partial charge in [-0.1, -0.05) is 30.3 Å². The molecule has 0 aromatic heterocycles. The molecule has 1 aliphatic heterocycles. The van der Waals surface area contributed by atoms with E-state index < -0.39 is 6.10 Å². The summed E-state index contributed by atoms with van der Waals surface area (Å²) >= 11 is 0. The van der Waals surface area contributed by atoms with Crippen molar-refractivity contribution in [2.45, 2.75) is 31.3 Å². The van der Waals surface area contributed by atoms with E-state index in [1.807, 2.05) is 18.2 Å². The van der Waals surface area contributed by atoms with Crippen molar-refractivity contribution in [3.63, 3.8) is 0 Å². The first-order chi connectivity index (χ1) is 9.81. The lowest BCUT2D eigenvalue weighted by atomic mass is 9.97. The van der Waals surface area contributed by atoms with Crippen molar-refractivity contribution >= 4 is 0 Å². The lowest BCUT2D eigenvalue weighted by Crippen LogP contribution is -2.00. The van der Waals surface area contributed by atoms with Crippen LogP contribution in [-0.4, -0.2) is 11.7 Å². The van der Waals surface area contributed by atoms with Gasteiger partial charge in [-0.2, -0.15) is 0 Å². The topological polar surface area (TPSA) is 29.5 Å². The lowest BCUT2D eigenvalue weighted by molar-refractivity contribution is 0.220. The van der Waals surface area contributed by atoms with Gasteiger partial charge in [0.1, 0.15) is 11.9 Å². The molecule has 0 radical (unpaired) electrons. The van der Waals surface area contributed by atoms with Gasteiger partial charge in [-0.25, -0.2) is 0 Å². The average Bonchev–Trinajstić information content (AvgIpc) is 3.24. The second kappa shape index (κ2) is 4.64. The molecule has 2 aliphatic rings. The summed E-state index contributed by atoms with van der Waals surface area (Å²) in [5, 5.41) is 10.6. The fourth-order valence-corrected chi connectivity index (χ4v) is 2.97. The molecule has 1 saturated carbocycles. The number of aliphatic hydroxyl groups is 1. The van der Waals surface area contributed by atoms with E-state index in [1.54, 1.807) is 0 Å². The van der Waals surface area contributed by atoms with Gasteiger partial charge in [0.05, 0.1) is 6.61 Å². The van der Waals surface area contributed by atoms with E-state index >= 15 is 0 Å². The van der Waals surface area contributed by atoms with E-state index in [1.165, 1.54) is 24.0 Å². The lowest BCUT2D eigenvalue weighted by Gasteiger charge is -2.14. The highest BCUT2D eigenvalue weighted by atomic mass is 16.5. The van der Waals surface area contributed by atoms with E-state index in [-0.39, 0.29) is 0 Å². The third kappa shape index (κ3) is 2.10. The van der Waals surface area contributed by atoms with Crippen LogP contribution in [0.3, 0.4) is 0 Å². The Kier molecular flexibility index (Phi) is 2.78. The molecule has 2 nitrogen and oxygen atoms in total. The number of ether oxygens (including phenoxy) is 1. The van der Waals surface area contributed by atoms with Gasteiger partial charge in [0.2, 0.25) is 0 Å². The summed E-state index contributed by atoms with van der Waals surface area (Å²) in [6.45, 7) is 0.756. The number of benzene rings is 2. The predicted molar refractivity (Wildman–Crippen MR) is 78.1 cm³/mol. The Labute approximate surface area is 119 Å². The van der Waals surface area contributed by atoms with Gasteiger partial charge in [-0.15, -0.1) is 0 Å². The van der Waals surface area contributed by atoms with E-state index in [2.05, 4.69) is 24.3 Å². The molecule has 1 unspecified atom stereocenters. The highest BCUT2D eigenvalue weighted by molar-refractivity contribution is 5.43. The van der Waals surface area contributed by atoms with Gasteiger partial charge < -0.3 is 9.84 Å². The van der Waals surface area contributed by atoms with E-state index in [9.17, 15) is 5.11 Å². The first-order valence-corrected chi connectivity index (χ1v) is 7.35. The Morgan fingerprint density at radius 1 is 1.05 bits per heavy atom. The molecular formula is C18H18O2. The van der Waals surface area contributed by atoms with E-state index in [0.717, 1.165) is 35.8 Å². The molecule has 2 aromatic carbocycles. The smallest absolute Gasteiger partial charge is 0.122 e. The summed E-state index contributed by atoms with van der Waals surface area (Å²) in [5.41, 5.74) is 4.53. The summed E-state index contributed by atoms with van der Waals surface area (Å²) in [6.07, 6.45) is 2.98. The van der Waals surface area contributed by atoms with Crippen LogP contribution in [0.25, 0.3) is 0 Å². The molecule has 1 heterocycles. The minimum Gasteiger partial charge on any atom is -0.493 e. The maximum absolute atomic E-state index is 10.6. The fraction of sp³-hybridized carbons (Fsp3) is 0.333. The summed E-state index contributed by atoms with van der Waals surface area (Å²) < 4.78 is 5.52. The number of fused-ring (bicyclic) bond motifs is 1. The van der Waals surface area contributed by atoms with Gasteiger partial charge in [-0.3, -0.25) is 0 Å². The molecule has 4 rings (SSSR count). The molecule has 1 atom stereocenters. The SMILES string of the molecule is OC(c1cccc(C2CC2)c1)c1ccc2c(c1)CCO2. The third-order valence-electron chi connectivity index (χ3n) is 4.30. The van der Waals surface area contributed by atoms with Crippen molar-refractivity contribution in [3.05, 3.63) is 64.7 Å². The van der Waals surface area contributed by atoms with Gasteiger partial charge in [-0.05, 0) is 53.1 Å². The summed E-state index contributed by atoms with van der Waals surface area (Å²) in [4.78, 5) is 0. The largest absolute Gasteiger partial charge is 0.493 e. The van der Waals surface area contributed by atoms with Crippen molar-refractivity contribution in [1.82, 2.24) is 0 Å². The van der Waals surface area contributed by atoms with Crippen molar-refractivity contribution in [2.24, 2.45) is 0 Å². The summed E-state index contributed by atoms with van der Waals surface area (Å²) in [6, 6.07) is 14.4. The van der Waals surface area contributed by atoms with Crippen LogP contribution in [-0.2, 0) is 6.42 Å². The highest BCUT2D eigenvalue weighted by Crippen LogP contribution is 2.41. The standard InChI is InChI=1S/C18H18O2/c19-18(15-3-1-2-13(10-15)12-4-5-12)16-6-7-17-14(11-16)8-9-20-17/h1-3,6-7,10-12,18-19H,4-5,8-9H2. The monoisotopic (exact) mass is 266 g/mol. The maximum Gasteiger partial charge on any atom is 0.122 e. The van der Waals surface area contributed by atoms with Gasteiger partial charge in [0.25, 0.3) is 0 Å². The molecule has 0 amide bonds. The molecular weight excluding hydrogens is 248 g/mol. The zero-order chi connectivity index (χ0) is 13.5. The van der Waals surface area contributed by atoms with Crippen LogP contribution in [0.15, 0.2) is 42.5 Å². The number of hydrogen-bond donors (Lipinski definition) is 1. The van der Waals surface area contributed by atoms with Gasteiger partial charge in [0, 0.05) is 6.42 Å². The van der Waals surface area contributed by atoms with E-state index in [4.69, 9.17) is 4.74 Å². The van der Waals surface area contributed by atoms with Crippen LogP contribution in [0.2, 0.25) is 0 Å². The molecule has 1 N–H and O–H groups in total. The van der Waals surface area contributed by atoms with Crippen LogP contribution in [0, 0.1) is 0 Å². The van der Waals surface area contributed by atoms with Crippen molar-refractivity contribution < 1.29 is 9.84 Å². The summed E-state index contributed by atoms with van der Waals surface area (Å²) in [7, 11) is 0. The van der Waals surface area contributed by atoms with Crippen LogP contribution in [0.1, 0.15) is 47.1 Å². The Hall–Kier alpha value is -1.80. The first kappa shape index (κ1) is 12.0. The third-order valence-corrected chi connectivity index (χ3v) is 4.30. The van der Waals surface area contributed by atoms with Crippen molar-refractivity contribution in [1.29, 1.82) is 0 Å². The fourth-order valence-electron chi connectivity index (χ4n) is 2.97. The van der Waals surface area contributed by atoms with Crippen molar-refractivity contribution in [3.8, 4) is 5.75 Å². The molecule has 0 saturated heterocycles. The minimum absolute atomic E-state index is 0.542. The van der Waals surface area contributed by atoms with Gasteiger partial charge in [0.15, 0.2) is 0 Å². The molecule has 2 heteroatoms. The predicted octanol–water partition coefficient (Wildman–Crippen LogP) is 3.58. The molecule has 0 bridgehead atoms. The van der Waals surface area contributed by atoms with Gasteiger partial charge >= 0.3 is 0 Å². The van der Waals surface area contributed by atoms with Crippen LogP contribution in [0.4, 0.5) is 0 Å². The number of rotatable bonds is 3. The zero-order valence-corrected chi connectivity index (χ0v) is 11.4. The first-order valence-electron chi connectivity index (χ1n) is 7.35. The van der Waals surface area contributed by atoms with Crippen LogP contribution < -0.4 is 4.74 Å². The molecule has 0 spiro atoms. The number of hydrogen-bond acceptors (Lipinski definition) is 2. The Balaban J connectivity index is 1.65. The second-order valence-corrected chi connectivity index (χ2v) is 5.81. The molecule has 20 heavy (non-hydrogen) atoms. The Morgan fingerprint density at radius 2 is 1.90 bits per heavy atom. The molecule has 1 fully saturated rings. The molecule has 2 aromatic rings. The van der Waals surface area contributed by atoms with Crippen LogP contribution in [0.5, 0.6) is 5.75 Å². The Morgan fingerprint density at radius 3 is 2.75 bits per heavy atom.